The smallest absolute Gasteiger partial charge is 0.332 e. The number of fused-ring (bicyclic) bond motifs is 1. The van der Waals surface area contributed by atoms with E-state index in [9.17, 15) is 19.2 Å². The molecule has 0 bridgehead atoms. The molecule has 1 aliphatic heterocycles. The van der Waals surface area contributed by atoms with Gasteiger partial charge in [0.2, 0.25) is 5.91 Å². The van der Waals surface area contributed by atoms with Gasteiger partial charge in [-0.25, -0.2) is 9.78 Å². The summed E-state index contributed by atoms with van der Waals surface area (Å²) in [6.07, 6.45) is 2.86. The van der Waals surface area contributed by atoms with Crippen molar-refractivity contribution < 1.29 is 9.59 Å². The fraction of sp³-hybridized carbons (Fsp3) is 0.348. The van der Waals surface area contributed by atoms with Crippen molar-refractivity contribution in [3.8, 4) is 0 Å². The molecule has 0 radical (unpaired) electrons. The number of piperidine rings is 1. The van der Waals surface area contributed by atoms with Gasteiger partial charge in [0, 0.05) is 36.5 Å². The Bertz CT molecular complexity index is 1370. The average Bonchev–Trinajstić information content (AvgIpc) is 2.80. The number of carbonyl (C=O) groups excluding carboxylic acids is 2. The van der Waals surface area contributed by atoms with Crippen LogP contribution in [-0.2, 0) is 18.4 Å². The zero-order valence-electron chi connectivity index (χ0n) is 18.4. The van der Waals surface area contributed by atoms with Crippen LogP contribution in [0.15, 0.2) is 39.9 Å². The summed E-state index contributed by atoms with van der Waals surface area (Å²) in [4.78, 5) is 58.3. The lowest BCUT2D eigenvalue weighted by molar-refractivity contribution is -0.116. The molecule has 2 aromatic heterocycles. The highest BCUT2D eigenvalue weighted by molar-refractivity contribution is 6.30. The number of nitrogens with one attached hydrogen (secondary N) is 1. The van der Waals surface area contributed by atoms with Gasteiger partial charge in [-0.15, -0.1) is 0 Å². The Morgan fingerprint density at radius 2 is 1.85 bits per heavy atom. The zero-order valence-corrected chi connectivity index (χ0v) is 19.2. The fourth-order valence-electron chi connectivity index (χ4n) is 4.09. The Labute approximate surface area is 194 Å². The molecule has 33 heavy (non-hydrogen) atoms. The summed E-state index contributed by atoms with van der Waals surface area (Å²) in [6.45, 7) is 2.42. The van der Waals surface area contributed by atoms with Crippen LogP contribution in [-0.4, -0.2) is 43.9 Å². The molecule has 172 valence electrons. The summed E-state index contributed by atoms with van der Waals surface area (Å²) in [6, 6.07) is 8.11. The van der Waals surface area contributed by atoms with Gasteiger partial charge >= 0.3 is 5.69 Å². The van der Waals surface area contributed by atoms with Crippen LogP contribution < -0.4 is 16.6 Å². The van der Waals surface area contributed by atoms with Crippen LogP contribution in [0.1, 0.15) is 35.3 Å². The zero-order chi connectivity index (χ0) is 23.7. The first-order valence-electron chi connectivity index (χ1n) is 10.7. The summed E-state index contributed by atoms with van der Waals surface area (Å²) in [5, 5.41) is 3.10. The molecule has 10 heteroatoms. The third-order valence-electron chi connectivity index (χ3n) is 5.71. The normalized spacial score (nSPS) is 13.8. The largest absolute Gasteiger partial charge is 0.339 e. The summed E-state index contributed by atoms with van der Waals surface area (Å²) in [5.74, 6) is -0.837. The summed E-state index contributed by atoms with van der Waals surface area (Å²) >= 11 is 5.95. The predicted molar refractivity (Wildman–Crippen MR) is 126 cm³/mol. The molecule has 3 heterocycles. The van der Waals surface area contributed by atoms with Gasteiger partial charge < -0.3 is 10.2 Å². The van der Waals surface area contributed by atoms with E-state index in [1.165, 1.54) is 11.6 Å². The molecule has 0 unspecified atom stereocenters. The minimum Gasteiger partial charge on any atom is -0.339 e. The summed E-state index contributed by atoms with van der Waals surface area (Å²) in [5.41, 5.74) is -0.128. The summed E-state index contributed by atoms with van der Waals surface area (Å²) < 4.78 is 2.02. The number of aromatic nitrogens is 3. The molecule has 1 N–H and O–H groups in total. The Morgan fingerprint density at radius 1 is 1.12 bits per heavy atom. The van der Waals surface area contributed by atoms with Crippen molar-refractivity contribution in [1.82, 2.24) is 19.0 Å². The Balaban J connectivity index is 1.79. The van der Waals surface area contributed by atoms with E-state index in [4.69, 9.17) is 11.6 Å². The SMILES string of the molecule is Cc1cc(C(=O)N2CCCCC2)c2c(=O)n(CC(=O)Nc3cccc(Cl)c3)c(=O)n(C)c2n1. The quantitative estimate of drug-likeness (QED) is 0.631. The molecule has 1 fully saturated rings. The Kier molecular flexibility index (Phi) is 6.33. The fourth-order valence-corrected chi connectivity index (χ4v) is 4.28. The van der Waals surface area contributed by atoms with Gasteiger partial charge in [0.05, 0.1) is 10.9 Å². The van der Waals surface area contributed by atoms with Gasteiger partial charge in [0.1, 0.15) is 12.2 Å². The second kappa shape index (κ2) is 9.19. The van der Waals surface area contributed by atoms with E-state index in [-0.39, 0.29) is 22.5 Å². The van der Waals surface area contributed by atoms with Gasteiger partial charge in [-0.1, -0.05) is 17.7 Å². The van der Waals surface area contributed by atoms with Crippen molar-refractivity contribution in [2.24, 2.45) is 7.05 Å². The van der Waals surface area contributed by atoms with Crippen LogP contribution in [0.5, 0.6) is 0 Å². The number of pyridine rings is 1. The van der Waals surface area contributed by atoms with E-state index in [2.05, 4.69) is 10.3 Å². The highest BCUT2D eigenvalue weighted by Gasteiger charge is 2.25. The topological polar surface area (TPSA) is 106 Å². The number of carbonyl (C=O) groups is 2. The Hall–Kier alpha value is -3.46. The summed E-state index contributed by atoms with van der Waals surface area (Å²) in [7, 11) is 1.47. The second-order valence-corrected chi connectivity index (χ2v) is 8.59. The van der Waals surface area contributed by atoms with Crippen molar-refractivity contribution in [2.75, 3.05) is 18.4 Å². The van der Waals surface area contributed by atoms with E-state index < -0.39 is 23.7 Å². The maximum Gasteiger partial charge on any atom is 0.332 e. The lowest BCUT2D eigenvalue weighted by Gasteiger charge is -2.27. The molecule has 9 nitrogen and oxygen atoms in total. The monoisotopic (exact) mass is 469 g/mol. The molecule has 0 spiro atoms. The minimum absolute atomic E-state index is 0.0360. The van der Waals surface area contributed by atoms with Crippen LogP contribution in [0.25, 0.3) is 11.0 Å². The maximum absolute atomic E-state index is 13.4. The van der Waals surface area contributed by atoms with E-state index in [1.54, 1.807) is 42.2 Å². The molecule has 0 aliphatic carbocycles. The molecule has 4 rings (SSSR count). The third kappa shape index (κ3) is 4.54. The van der Waals surface area contributed by atoms with Gasteiger partial charge in [0.25, 0.3) is 11.5 Å². The molecular formula is C23H24ClN5O4. The van der Waals surface area contributed by atoms with E-state index in [0.717, 1.165) is 23.8 Å². The van der Waals surface area contributed by atoms with Gasteiger partial charge in [-0.2, -0.15) is 0 Å². The lowest BCUT2D eigenvalue weighted by atomic mass is 10.1. The number of amides is 2. The minimum atomic E-state index is -0.720. The van der Waals surface area contributed by atoms with Gasteiger partial charge in [-0.3, -0.25) is 23.5 Å². The average molecular weight is 470 g/mol. The first-order valence-corrected chi connectivity index (χ1v) is 11.1. The number of hydrogen-bond acceptors (Lipinski definition) is 5. The van der Waals surface area contributed by atoms with Crippen LogP contribution in [0.2, 0.25) is 5.02 Å². The Morgan fingerprint density at radius 3 is 2.55 bits per heavy atom. The van der Waals surface area contributed by atoms with Crippen molar-refractivity contribution >= 4 is 40.1 Å². The van der Waals surface area contributed by atoms with Crippen LogP contribution in [0.4, 0.5) is 5.69 Å². The number of likely N-dealkylation sites (tertiary alicyclic amines) is 1. The number of benzene rings is 1. The highest BCUT2D eigenvalue weighted by Crippen LogP contribution is 2.19. The van der Waals surface area contributed by atoms with Crippen LogP contribution in [0.3, 0.4) is 0 Å². The molecule has 2 amide bonds. The maximum atomic E-state index is 13.4. The number of nitrogens with zero attached hydrogens (tertiary/aromatic N) is 4. The molecule has 0 saturated carbocycles. The van der Waals surface area contributed by atoms with Crippen molar-refractivity contribution in [3.63, 3.8) is 0 Å². The van der Waals surface area contributed by atoms with Crippen LogP contribution in [0, 0.1) is 6.92 Å². The van der Waals surface area contributed by atoms with Crippen molar-refractivity contribution in [1.29, 1.82) is 0 Å². The molecule has 1 aromatic carbocycles. The first kappa shape index (κ1) is 22.7. The highest BCUT2D eigenvalue weighted by atomic mass is 35.5. The first-order chi connectivity index (χ1) is 15.8. The van der Waals surface area contributed by atoms with Crippen molar-refractivity contribution in [2.45, 2.75) is 32.7 Å². The molecule has 1 saturated heterocycles. The third-order valence-corrected chi connectivity index (χ3v) is 5.94. The number of anilines is 1. The standard InChI is InChI=1S/C23H24ClN5O4/c1-14-11-17(21(31)28-9-4-3-5-10-28)19-20(25-14)27(2)23(33)29(22(19)32)13-18(30)26-16-8-6-7-15(24)12-16/h6-8,11-12H,3-5,9-10,13H2,1-2H3,(H,26,30). The number of halogens is 1. The van der Waals surface area contributed by atoms with E-state index >= 15 is 0 Å². The predicted octanol–water partition coefficient (Wildman–Crippen LogP) is 2.32. The molecule has 3 aromatic rings. The van der Waals surface area contributed by atoms with E-state index in [1.807, 2.05) is 0 Å². The number of hydrogen-bond donors (Lipinski definition) is 1. The molecule has 1 aliphatic rings. The molecule has 0 atom stereocenters. The number of aryl methyl sites for hydroxylation is 2. The van der Waals surface area contributed by atoms with Gasteiger partial charge in [-0.05, 0) is 50.5 Å². The van der Waals surface area contributed by atoms with Gasteiger partial charge in [0.15, 0.2) is 0 Å². The van der Waals surface area contributed by atoms with Crippen LogP contribution >= 0.6 is 11.6 Å². The second-order valence-electron chi connectivity index (χ2n) is 8.15. The van der Waals surface area contributed by atoms with Crippen molar-refractivity contribution in [3.05, 3.63) is 67.4 Å². The number of rotatable bonds is 4. The van der Waals surface area contributed by atoms with E-state index in [0.29, 0.717) is 29.5 Å². The molecular weight excluding hydrogens is 446 g/mol. The lowest BCUT2D eigenvalue weighted by Crippen LogP contribution is -2.43.